The highest BCUT2D eigenvalue weighted by atomic mass is 16.5. The number of rotatable bonds is 7. The maximum Gasteiger partial charge on any atom is 0.118 e. The first-order valence-corrected chi connectivity index (χ1v) is 6.71. The van der Waals surface area contributed by atoms with Crippen molar-refractivity contribution < 1.29 is 9.84 Å². The molecular weight excluding hydrogens is 252 g/mol. The molecule has 1 aromatic carbocycles. The molecule has 0 spiro atoms. The Morgan fingerprint density at radius 2 is 1.85 bits per heavy atom. The Labute approximate surface area is 119 Å². The van der Waals surface area contributed by atoms with Crippen LogP contribution in [0.5, 0.6) is 5.75 Å². The van der Waals surface area contributed by atoms with Gasteiger partial charge in [0.15, 0.2) is 0 Å². The van der Waals surface area contributed by atoms with Gasteiger partial charge in [-0.15, -0.1) is 0 Å². The van der Waals surface area contributed by atoms with Crippen molar-refractivity contribution in [3.63, 3.8) is 0 Å². The third-order valence-electron chi connectivity index (χ3n) is 3.18. The number of aromatic nitrogens is 1. The summed E-state index contributed by atoms with van der Waals surface area (Å²) >= 11 is 0. The highest BCUT2D eigenvalue weighted by Crippen LogP contribution is 2.16. The molecule has 2 N–H and O–H groups in total. The lowest BCUT2D eigenvalue weighted by molar-refractivity contribution is 0.175. The van der Waals surface area contributed by atoms with Gasteiger partial charge in [-0.1, -0.05) is 12.1 Å². The van der Waals surface area contributed by atoms with Crippen molar-refractivity contribution >= 4 is 0 Å². The van der Waals surface area contributed by atoms with Crippen LogP contribution >= 0.6 is 0 Å². The third-order valence-corrected chi connectivity index (χ3v) is 3.18. The lowest BCUT2D eigenvalue weighted by Crippen LogP contribution is -2.23. The molecule has 1 heterocycles. The summed E-state index contributed by atoms with van der Waals surface area (Å²) in [5.41, 5.74) is 2.13. The molecule has 2 rings (SSSR count). The molecule has 0 saturated carbocycles. The molecule has 0 bridgehead atoms. The predicted octanol–water partition coefficient (Wildman–Crippen LogP) is 1.96. The number of ether oxygens (including phenoxy) is 1. The summed E-state index contributed by atoms with van der Waals surface area (Å²) in [6.45, 7) is 1.37. The van der Waals surface area contributed by atoms with Crippen LogP contribution in [-0.4, -0.2) is 30.3 Å². The number of nitrogens with zero attached hydrogens (tertiary/aromatic N) is 1. The Kier molecular flexibility index (Phi) is 5.53. The minimum absolute atomic E-state index is 0.502. The number of pyridine rings is 1. The van der Waals surface area contributed by atoms with E-state index >= 15 is 0 Å². The van der Waals surface area contributed by atoms with Gasteiger partial charge in [0.05, 0.1) is 13.2 Å². The van der Waals surface area contributed by atoms with Crippen molar-refractivity contribution in [1.29, 1.82) is 0 Å². The van der Waals surface area contributed by atoms with Crippen LogP contribution in [-0.2, 0) is 6.42 Å². The van der Waals surface area contributed by atoms with Crippen molar-refractivity contribution in [2.24, 2.45) is 0 Å². The molecule has 1 aromatic heterocycles. The number of aliphatic hydroxyl groups is 1. The van der Waals surface area contributed by atoms with E-state index in [0.717, 1.165) is 24.3 Å². The molecule has 0 amide bonds. The Bertz CT molecular complexity index is 500. The Morgan fingerprint density at radius 3 is 2.50 bits per heavy atom. The lowest BCUT2D eigenvalue weighted by Gasteiger charge is -2.12. The minimum atomic E-state index is -0.502. The second-order valence-electron chi connectivity index (χ2n) is 4.60. The van der Waals surface area contributed by atoms with E-state index in [1.165, 1.54) is 5.56 Å². The van der Waals surface area contributed by atoms with Gasteiger partial charge in [-0.3, -0.25) is 4.98 Å². The fraction of sp³-hybridized carbons (Fsp3) is 0.312. The first kappa shape index (κ1) is 14.5. The largest absolute Gasteiger partial charge is 0.497 e. The topological polar surface area (TPSA) is 54.4 Å². The third kappa shape index (κ3) is 4.33. The normalized spacial score (nSPS) is 12.1. The van der Waals surface area contributed by atoms with Gasteiger partial charge in [-0.25, -0.2) is 0 Å². The van der Waals surface area contributed by atoms with Crippen molar-refractivity contribution in [1.82, 2.24) is 10.3 Å². The van der Waals surface area contributed by atoms with E-state index < -0.39 is 6.10 Å². The number of methoxy groups -OCH3 is 1. The highest BCUT2D eigenvalue weighted by molar-refractivity contribution is 5.28. The second kappa shape index (κ2) is 7.62. The van der Waals surface area contributed by atoms with Crippen LogP contribution in [0.4, 0.5) is 0 Å². The monoisotopic (exact) mass is 272 g/mol. The van der Waals surface area contributed by atoms with Crippen molar-refractivity contribution in [3.05, 3.63) is 59.9 Å². The molecule has 1 atom stereocenters. The van der Waals surface area contributed by atoms with Gasteiger partial charge in [0.2, 0.25) is 0 Å². The van der Waals surface area contributed by atoms with Crippen LogP contribution in [0.15, 0.2) is 48.8 Å². The number of aliphatic hydroxyl groups excluding tert-OH is 1. The smallest absolute Gasteiger partial charge is 0.118 e. The van der Waals surface area contributed by atoms with Gasteiger partial charge in [-0.05, 0) is 48.4 Å². The quantitative estimate of drug-likeness (QED) is 0.757. The summed E-state index contributed by atoms with van der Waals surface area (Å²) in [5, 5.41) is 13.3. The van der Waals surface area contributed by atoms with Crippen molar-refractivity contribution in [2.45, 2.75) is 12.5 Å². The number of nitrogens with one attached hydrogen (secondary N) is 1. The molecule has 20 heavy (non-hydrogen) atoms. The van der Waals surface area contributed by atoms with E-state index in [9.17, 15) is 5.11 Å². The first-order chi connectivity index (χ1) is 9.79. The summed E-state index contributed by atoms with van der Waals surface area (Å²) in [4.78, 5) is 3.98. The zero-order valence-electron chi connectivity index (χ0n) is 11.6. The average molecular weight is 272 g/mol. The summed E-state index contributed by atoms with van der Waals surface area (Å²) < 4.78 is 5.09. The standard InChI is InChI=1S/C16H20N2O2/c1-20-15-4-2-14(3-5-15)16(19)12-18-11-8-13-6-9-17-10-7-13/h2-7,9-10,16,18-19H,8,11-12H2,1H3. The molecule has 0 aliphatic carbocycles. The lowest BCUT2D eigenvalue weighted by atomic mass is 10.1. The molecule has 2 aromatic rings. The van der Waals surface area contributed by atoms with E-state index in [2.05, 4.69) is 10.3 Å². The summed E-state index contributed by atoms with van der Waals surface area (Å²) in [6.07, 6.45) is 4.01. The molecule has 0 aliphatic rings. The van der Waals surface area contributed by atoms with Crippen LogP contribution < -0.4 is 10.1 Å². The van der Waals surface area contributed by atoms with E-state index in [-0.39, 0.29) is 0 Å². The summed E-state index contributed by atoms with van der Waals surface area (Å²) in [6, 6.07) is 11.5. The molecule has 4 heteroatoms. The number of benzene rings is 1. The summed E-state index contributed by atoms with van der Waals surface area (Å²) in [7, 11) is 1.63. The Morgan fingerprint density at radius 1 is 1.15 bits per heavy atom. The SMILES string of the molecule is COc1ccc(C(O)CNCCc2ccncc2)cc1. The van der Waals surface area contributed by atoms with Crippen LogP contribution in [0.3, 0.4) is 0 Å². The fourth-order valence-electron chi connectivity index (χ4n) is 1.96. The first-order valence-electron chi connectivity index (χ1n) is 6.71. The molecule has 1 unspecified atom stereocenters. The highest BCUT2D eigenvalue weighted by Gasteiger charge is 2.06. The van der Waals surface area contributed by atoms with Crippen molar-refractivity contribution in [2.75, 3.05) is 20.2 Å². The number of hydrogen-bond donors (Lipinski definition) is 2. The maximum absolute atomic E-state index is 10.1. The summed E-state index contributed by atoms with van der Waals surface area (Å²) in [5.74, 6) is 0.798. The Balaban J connectivity index is 1.73. The maximum atomic E-state index is 10.1. The molecule has 0 saturated heterocycles. The van der Waals surface area contributed by atoms with Gasteiger partial charge >= 0.3 is 0 Å². The molecule has 0 aliphatic heterocycles. The molecule has 4 nitrogen and oxygen atoms in total. The second-order valence-corrected chi connectivity index (χ2v) is 4.60. The van der Waals surface area contributed by atoms with Gasteiger partial charge in [0, 0.05) is 18.9 Å². The number of hydrogen-bond acceptors (Lipinski definition) is 4. The van der Waals surface area contributed by atoms with Gasteiger partial charge in [0.25, 0.3) is 0 Å². The molecular formula is C16H20N2O2. The van der Waals surface area contributed by atoms with Gasteiger partial charge in [-0.2, -0.15) is 0 Å². The van der Waals surface area contributed by atoms with Gasteiger partial charge < -0.3 is 15.2 Å². The molecule has 0 fully saturated rings. The van der Waals surface area contributed by atoms with Crippen molar-refractivity contribution in [3.8, 4) is 5.75 Å². The fourth-order valence-corrected chi connectivity index (χ4v) is 1.96. The zero-order valence-corrected chi connectivity index (χ0v) is 11.6. The zero-order chi connectivity index (χ0) is 14.2. The molecule has 0 radical (unpaired) electrons. The van der Waals surface area contributed by atoms with Crippen LogP contribution in [0.25, 0.3) is 0 Å². The van der Waals surface area contributed by atoms with Crippen LogP contribution in [0.2, 0.25) is 0 Å². The van der Waals surface area contributed by atoms with Gasteiger partial charge in [0.1, 0.15) is 5.75 Å². The molecule has 106 valence electrons. The van der Waals surface area contributed by atoms with E-state index in [0.29, 0.717) is 6.54 Å². The predicted molar refractivity (Wildman–Crippen MR) is 78.8 cm³/mol. The Hall–Kier alpha value is -1.91. The van der Waals surface area contributed by atoms with E-state index in [1.54, 1.807) is 19.5 Å². The minimum Gasteiger partial charge on any atom is -0.497 e. The van der Waals surface area contributed by atoms with Crippen LogP contribution in [0.1, 0.15) is 17.2 Å². The van der Waals surface area contributed by atoms with E-state index in [4.69, 9.17) is 4.74 Å². The van der Waals surface area contributed by atoms with E-state index in [1.807, 2.05) is 36.4 Å². The van der Waals surface area contributed by atoms with Crippen LogP contribution in [0, 0.1) is 0 Å². The average Bonchev–Trinajstić information content (AvgIpc) is 2.52.